The molecule has 150 valence electrons. The monoisotopic (exact) mass is 391 g/mol. The normalized spacial score (nSPS) is 21.1. The summed E-state index contributed by atoms with van der Waals surface area (Å²) in [6, 6.07) is 2.50. The van der Waals surface area contributed by atoms with Crippen LogP contribution in [0.1, 0.15) is 31.2 Å². The Kier molecular flexibility index (Phi) is 6.51. The molecular formula is C20H24F3N5. The van der Waals surface area contributed by atoms with Crippen molar-refractivity contribution >= 4 is 23.5 Å². The number of aromatic amines is 1. The van der Waals surface area contributed by atoms with Crippen molar-refractivity contribution in [2.45, 2.75) is 44.3 Å². The number of fused-ring (bicyclic) bond motifs is 1. The van der Waals surface area contributed by atoms with Crippen molar-refractivity contribution in [2.75, 3.05) is 7.05 Å². The van der Waals surface area contributed by atoms with Gasteiger partial charge in [-0.15, -0.1) is 0 Å². The molecule has 0 unspecified atom stereocenters. The lowest BCUT2D eigenvalue weighted by atomic mass is 9.91. The Balaban J connectivity index is 1.83. The third kappa shape index (κ3) is 4.62. The molecule has 28 heavy (non-hydrogen) atoms. The molecule has 1 fully saturated rings. The van der Waals surface area contributed by atoms with Crippen LogP contribution in [0.4, 0.5) is 13.2 Å². The second kappa shape index (κ2) is 9.05. The van der Waals surface area contributed by atoms with E-state index in [4.69, 9.17) is 0 Å². The number of nitrogens with zero attached hydrogens (tertiary/aromatic N) is 2. The van der Waals surface area contributed by atoms with Gasteiger partial charge in [0.15, 0.2) is 11.7 Å². The summed E-state index contributed by atoms with van der Waals surface area (Å²) in [6.07, 6.45) is 6.43. The molecule has 8 heteroatoms. The molecule has 3 rings (SSSR count). The standard InChI is InChI=1S/C20H24F3N5/c1-24-11-18(23)20(28-15-5-3-4-14(8-15)25-2)27-10-12-9-26-19-16(12)6-13(21)7-17(19)22/h6-7,9,11,14-15,25-26H,1,3-5,8,10H2,2H3,(H,27,28)/b18-11+/t14-,15+/m1/s1. The molecule has 0 amide bonds. The van der Waals surface area contributed by atoms with Gasteiger partial charge in [-0.05, 0) is 51.1 Å². The van der Waals surface area contributed by atoms with Gasteiger partial charge in [0.05, 0.1) is 18.3 Å². The second-order valence-electron chi connectivity index (χ2n) is 6.94. The van der Waals surface area contributed by atoms with Crippen LogP contribution in [-0.4, -0.2) is 36.7 Å². The molecule has 1 aliphatic rings. The summed E-state index contributed by atoms with van der Waals surface area (Å²) >= 11 is 0. The highest BCUT2D eigenvalue weighted by Crippen LogP contribution is 2.24. The fourth-order valence-electron chi connectivity index (χ4n) is 3.61. The minimum atomic E-state index is -0.675. The van der Waals surface area contributed by atoms with Crippen LogP contribution in [0.3, 0.4) is 0 Å². The van der Waals surface area contributed by atoms with Crippen LogP contribution < -0.4 is 10.6 Å². The van der Waals surface area contributed by atoms with Gasteiger partial charge in [0, 0.05) is 29.7 Å². The maximum Gasteiger partial charge on any atom is 0.183 e. The smallest absolute Gasteiger partial charge is 0.183 e. The van der Waals surface area contributed by atoms with Gasteiger partial charge in [-0.25, -0.2) is 13.2 Å². The van der Waals surface area contributed by atoms with Gasteiger partial charge in [-0.1, -0.05) is 0 Å². The molecule has 2 aromatic rings. The van der Waals surface area contributed by atoms with Crippen molar-refractivity contribution < 1.29 is 13.2 Å². The Morgan fingerprint density at radius 1 is 1.32 bits per heavy atom. The largest absolute Gasteiger partial charge is 0.365 e. The predicted octanol–water partition coefficient (Wildman–Crippen LogP) is 3.98. The summed E-state index contributed by atoms with van der Waals surface area (Å²) in [4.78, 5) is 10.6. The van der Waals surface area contributed by atoms with Crippen molar-refractivity contribution in [3.8, 4) is 0 Å². The Morgan fingerprint density at radius 3 is 2.86 bits per heavy atom. The fraction of sp³-hybridized carbons (Fsp3) is 0.400. The van der Waals surface area contributed by atoms with E-state index >= 15 is 0 Å². The number of aliphatic imine (C=N–C) groups is 2. The van der Waals surface area contributed by atoms with Crippen molar-refractivity contribution in [1.29, 1.82) is 0 Å². The van der Waals surface area contributed by atoms with E-state index in [0.29, 0.717) is 17.0 Å². The number of amidine groups is 1. The first-order chi connectivity index (χ1) is 13.5. The molecule has 0 aliphatic heterocycles. The predicted molar refractivity (Wildman–Crippen MR) is 106 cm³/mol. The van der Waals surface area contributed by atoms with Gasteiger partial charge < -0.3 is 15.6 Å². The number of hydrogen-bond acceptors (Lipinski definition) is 3. The number of rotatable bonds is 6. The average Bonchev–Trinajstić information content (AvgIpc) is 3.08. The van der Waals surface area contributed by atoms with Gasteiger partial charge in [0.25, 0.3) is 0 Å². The van der Waals surface area contributed by atoms with Gasteiger partial charge >= 0.3 is 0 Å². The number of aromatic nitrogens is 1. The van der Waals surface area contributed by atoms with Crippen molar-refractivity contribution in [1.82, 2.24) is 15.6 Å². The summed E-state index contributed by atoms with van der Waals surface area (Å²) in [5.74, 6) is -1.90. The summed E-state index contributed by atoms with van der Waals surface area (Å²) < 4.78 is 41.9. The second-order valence-corrected chi connectivity index (χ2v) is 6.94. The first-order valence-corrected chi connectivity index (χ1v) is 9.27. The van der Waals surface area contributed by atoms with Crippen LogP contribution in [0.25, 0.3) is 10.9 Å². The lowest BCUT2D eigenvalue weighted by Crippen LogP contribution is -2.43. The summed E-state index contributed by atoms with van der Waals surface area (Å²) in [6.45, 7) is 3.34. The van der Waals surface area contributed by atoms with Crippen LogP contribution in [-0.2, 0) is 6.54 Å². The van der Waals surface area contributed by atoms with Crippen LogP contribution in [0.5, 0.6) is 0 Å². The topological polar surface area (TPSA) is 64.6 Å². The minimum Gasteiger partial charge on any atom is -0.365 e. The number of benzene rings is 1. The molecule has 0 bridgehead atoms. The SMILES string of the molecule is C=N/C=C(/F)C(=NCc1c[nH]c2c(F)cc(F)cc12)N[C@H]1CCC[C@@H](NC)C1. The van der Waals surface area contributed by atoms with Crippen LogP contribution in [0, 0.1) is 11.6 Å². The van der Waals surface area contributed by atoms with E-state index < -0.39 is 17.5 Å². The molecule has 0 spiro atoms. The third-order valence-corrected chi connectivity index (χ3v) is 5.05. The summed E-state index contributed by atoms with van der Waals surface area (Å²) in [7, 11) is 1.92. The van der Waals surface area contributed by atoms with E-state index in [2.05, 4.69) is 32.3 Å². The Morgan fingerprint density at radius 2 is 2.11 bits per heavy atom. The van der Waals surface area contributed by atoms with Crippen LogP contribution >= 0.6 is 0 Å². The maximum atomic E-state index is 14.5. The minimum absolute atomic E-state index is 0.0613. The zero-order chi connectivity index (χ0) is 20.1. The third-order valence-electron chi connectivity index (χ3n) is 5.05. The van der Waals surface area contributed by atoms with E-state index in [1.807, 2.05) is 7.05 Å². The lowest BCUT2D eigenvalue weighted by Gasteiger charge is -2.30. The van der Waals surface area contributed by atoms with E-state index in [1.165, 1.54) is 6.07 Å². The Bertz CT molecular complexity index is 903. The van der Waals surface area contributed by atoms with Crippen molar-refractivity contribution in [3.05, 3.63) is 47.6 Å². The molecule has 1 heterocycles. The van der Waals surface area contributed by atoms with E-state index in [1.54, 1.807) is 6.20 Å². The number of nitrogens with one attached hydrogen (secondary N) is 3. The number of halogens is 3. The lowest BCUT2D eigenvalue weighted by molar-refractivity contribution is 0.337. The summed E-state index contributed by atoms with van der Waals surface area (Å²) in [5, 5.41) is 6.80. The van der Waals surface area contributed by atoms with Crippen LogP contribution in [0.15, 0.2) is 40.3 Å². The molecule has 1 aliphatic carbocycles. The van der Waals surface area contributed by atoms with E-state index in [0.717, 1.165) is 37.9 Å². The first kappa shape index (κ1) is 20.1. The van der Waals surface area contributed by atoms with Crippen molar-refractivity contribution in [2.24, 2.45) is 9.98 Å². The van der Waals surface area contributed by atoms with Gasteiger partial charge in [0.2, 0.25) is 0 Å². The molecule has 3 N–H and O–H groups in total. The zero-order valence-electron chi connectivity index (χ0n) is 15.7. The average molecular weight is 391 g/mol. The highest BCUT2D eigenvalue weighted by molar-refractivity contribution is 5.96. The Labute approximate surface area is 161 Å². The maximum absolute atomic E-state index is 14.5. The Hall–Kier alpha value is -2.61. The van der Waals surface area contributed by atoms with E-state index in [9.17, 15) is 13.2 Å². The number of hydrogen-bond donors (Lipinski definition) is 3. The summed E-state index contributed by atoms with van der Waals surface area (Å²) in [5.41, 5.74) is 0.776. The molecule has 1 aromatic heterocycles. The molecular weight excluding hydrogens is 367 g/mol. The fourth-order valence-corrected chi connectivity index (χ4v) is 3.61. The van der Waals surface area contributed by atoms with Crippen LogP contribution in [0.2, 0.25) is 0 Å². The molecule has 0 radical (unpaired) electrons. The highest BCUT2D eigenvalue weighted by Gasteiger charge is 2.22. The molecule has 0 saturated heterocycles. The highest BCUT2D eigenvalue weighted by atomic mass is 19.1. The van der Waals surface area contributed by atoms with Gasteiger partial charge in [0.1, 0.15) is 11.6 Å². The molecule has 1 saturated carbocycles. The zero-order valence-corrected chi connectivity index (χ0v) is 15.7. The first-order valence-electron chi connectivity index (χ1n) is 9.27. The quantitative estimate of drug-likeness (QED) is 0.515. The van der Waals surface area contributed by atoms with E-state index in [-0.39, 0.29) is 23.9 Å². The number of H-pyrrole nitrogens is 1. The molecule has 5 nitrogen and oxygen atoms in total. The van der Waals surface area contributed by atoms with Gasteiger partial charge in [-0.2, -0.15) is 0 Å². The molecule has 2 atom stereocenters. The van der Waals surface area contributed by atoms with Gasteiger partial charge in [-0.3, -0.25) is 9.98 Å². The molecule has 1 aromatic carbocycles. The van der Waals surface area contributed by atoms with Crippen molar-refractivity contribution in [3.63, 3.8) is 0 Å².